The summed E-state index contributed by atoms with van der Waals surface area (Å²) in [6.07, 6.45) is 8.94. The van der Waals surface area contributed by atoms with Gasteiger partial charge in [0, 0.05) is 12.3 Å². The first kappa shape index (κ1) is 21.9. The van der Waals surface area contributed by atoms with Crippen molar-refractivity contribution in [3.8, 4) is 0 Å². The molecule has 4 aliphatic rings. The number of hydrogen-bond donors (Lipinski definition) is 0. The Morgan fingerprint density at radius 3 is 2.17 bits per heavy atom. The van der Waals surface area contributed by atoms with Gasteiger partial charge >= 0.3 is 0 Å². The topological polar surface area (TPSA) is 17.1 Å². The van der Waals surface area contributed by atoms with E-state index in [9.17, 15) is 4.79 Å². The molecule has 4 rings (SSSR count). The Balaban J connectivity index is 1.74. The molecule has 1 nitrogen and oxygen atoms in total. The van der Waals surface area contributed by atoms with E-state index in [-0.39, 0.29) is 5.41 Å². The van der Waals surface area contributed by atoms with Crippen LogP contribution < -0.4 is 0 Å². The fraction of sp³-hybridized carbons (Fsp3) is 0.964. The summed E-state index contributed by atoms with van der Waals surface area (Å²) < 4.78 is 0. The van der Waals surface area contributed by atoms with Crippen molar-refractivity contribution in [1.29, 1.82) is 0 Å². The maximum Gasteiger partial charge on any atom is 0.136 e. The van der Waals surface area contributed by atoms with Crippen LogP contribution in [0.25, 0.3) is 0 Å². The number of fused-ring (bicyclic) bond motifs is 5. The standard InChI is InChI=1S/C28H48O/c1-10-22(29)23-17(2)13-21-20-12-11-19-15-25(4,5)18(3)14-27(19,8)24(20)26(6,7)16-28(21,23)9/h17-21,23-24H,10-16H2,1-9H3. The van der Waals surface area contributed by atoms with Crippen molar-refractivity contribution in [2.45, 2.75) is 107 Å². The first-order chi connectivity index (χ1) is 13.3. The van der Waals surface area contributed by atoms with Crippen LogP contribution in [0.2, 0.25) is 0 Å². The smallest absolute Gasteiger partial charge is 0.136 e. The van der Waals surface area contributed by atoms with E-state index in [0.29, 0.717) is 33.9 Å². The molecule has 0 aromatic heterocycles. The Morgan fingerprint density at radius 1 is 0.897 bits per heavy atom. The molecule has 29 heavy (non-hydrogen) atoms. The highest BCUT2D eigenvalue weighted by Crippen LogP contribution is 2.74. The number of carbonyl (C=O) groups is 1. The Kier molecular flexibility index (Phi) is 4.97. The van der Waals surface area contributed by atoms with Crippen molar-refractivity contribution in [2.24, 2.45) is 63.1 Å². The normalized spacial score (nSPS) is 52.9. The van der Waals surface area contributed by atoms with Gasteiger partial charge < -0.3 is 0 Å². The summed E-state index contributed by atoms with van der Waals surface area (Å²) >= 11 is 0. The highest BCUT2D eigenvalue weighted by atomic mass is 16.1. The van der Waals surface area contributed by atoms with Crippen LogP contribution in [-0.4, -0.2) is 5.78 Å². The van der Waals surface area contributed by atoms with E-state index in [1.54, 1.807) is 0 Å². The summed E-state index contributed by atoms with van der Waals surface area (Å²) in [6, 6.07) is 0. The van der Waals surface area contributed by atoms with Crippen LogP contribution >= 0.6 is 0 Å². The maximum absolute atomic E-state index is 13.1. The van der Waals surface area contributed by atoms with Gasteiger partial charge in [-0.15, -0.1) is 0 Å². The second-order valence-electron chi connectivity index (χ2n) is 14.0. The summed E-state index contributed by atoms with van der Waals surface area (Å²) in [6.45, 7) is 22.4. The summed E-state index contributed by atoms with van der Waals surface area (Å²) in [5.41, 5.74) is 1.53. The van der Waals surface area contributed by atoms with Crippen molar-refractivity contribution in [3.63, 3.8) is 0 Å². The van der Waals surface area contributed by atoms with Crippen molar-refractivity contribution < 1.29 is 4.79 Å². The third-order valence-electron chi connectivity index (χ3n) is 11.4. The quantitative estimate of drug-likeness (QED) is 0.462. The van der Waals surface area contributed by atoms with Gasteiger partial charge in [-0.2, -0.15) is 0 Å². The van der Waals surface area contributed by atoms with Gasteiger partial charge in [0.1, 0.15) is 5.78 Å². The minimum absolute atomic E-state index is 0.222. The molecule has 0 saturated heterocycles. The van der Waals surface area contributed by atoms with E-state index in [1.165, 1.54) is 38.5 Å². The average molecular weight is 401 g/mol. The SMILES string of the molecule is CCC(=O)C1C(C)CC2C3CCC4CC(C)(C)C(C)CC4(C)C3C(C)(C)CC21C. The van der Waals surface area contributed by atoms with E-state index in [2.05, 4.69) is 62.3 Å². The predicted octanol–water partition coefficient (Wildman–Crippen LogP) is 7.78. The molecule has 0 N–H and O–H groups in total. The van der Waals surface area contributed by atoms with Gasteiger partial charge in [-0.25, -0.2) is 0 Å². The zero-order valence-corrected chi connectivity index (χ0v) is 20.9. The molecule has 1 heteroatoms. The van der Waals surface area contributed by atoms with E-state index in [4.69, 9.17) is 0 Å². The highest BCUT2D eigenvalue weighted by molar-refractivity contribution is 5.82. The van der Waals surface area contributed by atoms with Crippen molar-refractivity contribution in [1.82, 2.24) is 0 Å². The van der Waals surface area contributed by atoms with Crippen LogP contribution in [0, 0.1) is 63.1 Å². The molecule has 4 aliphatic carbocycles. The molecule has 0 heterocycles. The molecule has 4 fully saturated rings. The molecule has 0 aromatic rings. The third-order valence-corrected chi connectivity index (χ3v) is 11.4. The monoisotopic (exact) mass is 400 g/mol. The van der Waals surface area contributed by atoms with Crippen molar-refractivity contribution >= 4 is 5.78 Å². The second kappa shape index (κ2) is 6.59. The van der Waals surface area contributed by atoms with Crippen molar-refractivity contribution in [3.05, 3.63) is 0 Å². The van der Waals surface area contributed by atoms with Gasteiger partial charge in [-0.3, -0.25) is 4.79 Å². The van der Waals surface area contributed by atoms with Crippen LogP contribution in [0.3, 0.4) is 0 Å². The fourth-order valence-electron chi connectivity index (χ4n) is 10.5. The molecule has 0 amide bonds. The fourth-order valence-corrected chi connectivity index (χ4v) is 10.5. The number of rotatable bonds is 2. The Morgan fingerprint density at radius 2 is 1.55 bits per heavy atom. The average Bonchev–Trinajstić information content (AvgIpc) is 2.84. The number of carbonyl (C=O) groups excluding carboxylic acids is 1. The molecule has 0 aromatic carbocycles. The summed E-state index contributed by atoms with van der Waals surface area (Å²) in [5.74, 6) is 5.54. The third kappa shape index (κ3) is 2.95. The van der Waals surface area contributed by atoms with Gasteiger partial charge in [0.05, 0.1) is 0 Å². The zero-order chi connectivity index (χ0) is 21.6. The van der Waals surface area contributed by atoms with Crippen LogP contribution in [0.1, 0.15) is 107 Å². The van der Waals surface area contributed by atoms with Gasteiger partial charge in [-0.05, 0) is 95.7 Å². The summed E-state index contributed by atoms with van der Waals surface area (Å²) in [7, 11) is 0. The van der Waals surface area contributed by atoms with Crippen LogP contribution in [0.15, 0.2) is 0 Å². The molecule has 0 radical (unpaired) electrons. The molecule has 166 valence electrons. The van der Waals surface area contributed by atoms with Gasteiger partial charge in [0.2, 0.25) is 0 Å². The number of Topliss-reactive ketones (excluding diaryl/α,β-unsaturated/α-hetero) is 1. The molecule has 0 spiro atoms. The summed E-state index contributed by atoms with van der Waals surface area (Å²) in [5, 5.41) is 0. The minimum Gasteiger partial charge on any atom is -0.299 e. The lowest BCUT2D eigenvalue weighted by molar-refractivity contribution is -0.192. The largest absolute Gasteiger partial charge is 0.299 e. The predicted molar refractivity (Wildman–Crippen MR) is 123 cm³/mol. The maximum atomic E-state index is 13.1. The molecular formula is C28H48O. The lowest BCUT2D eigenvalue weighted by Crippen LogP contribution is -2.61. The van der Waals surface area contributed by atoms with Gasteiger partial charge in [0.25, 0.3) is 0 Å². The lowest BCUT2D eigenvalue weighted by atomic mass is 9.37. The van der Waals surface area contributed by atoms with Crippen LogP contribution in [-0.2, 0) is 4.79 Å². The van der Waals surface area contributed by atoms with E-state index in [1.807, 2.05) is 0 Å². The minimum atomic E-state index is 0.222. The Bertz CT molecular complexity index is 674. The van der Waals surface area contributed by atoms with E-state index in [0.717, 1.165) is 36.0 Å². The Hall–Kier alpha value is -0.330. The molecule has 9 unspecified atom stereocenters. The van der Waals surface area contributed by atoms with E-state index >= 15 is 0 Å². The van der Waals surface area contributed by atoms with Crippen LogP contribution in [0.4, 0.5) is 0 Å². The van der Waals surface area contributed by atoms with Gasteiger partial charge in [0.15, 0.2) is 0 Å². The first-order valence-corrected chi connectivity index (χ1v) is 12.8. The van der Waals surface area contributed by atoms with Crippen molar-refractivity contribution in [2.75, 3.05) is 0 Å². The highest BCUT2D eigenvalue weighted by Gasteiger charge is 2.67. The van der Waals surface area contributed by atoms with Gasteiger partial charge in [-0.1, -0.05) is 62.3 Å². The number of ketones is 1. The number of hydrogen-bond acceptors (Lipinski definition) is 1. The first-order valence-electron chi connectivity index (χ1n) is 12.8. The zero-order valence-electron chi connectivity index (χ0n) is 20.9. The lowest BCUT2D eigenvalue weighted by Gasteiger charge is -2.68. The molecule has 0 bridgehead atoms. The second-order valence-corrected chi connectivity index (χ2v) is 14.0. The van der Waals surface area contributed by atoms with E-state index < -0.39 is 0 Å². The summed E-state index contributed by atoms with van der Waals surface area (Å²) in [4.78, 5) is 13.1. The molecular weight excluding hydrogens is 352 g/mol. The Labute approximate surface area is 181 Å². The molecule has 4 saturated carbocycles. The molecule has 9 atom stereocenters. The van der Waals surface area contributed by atoms with Crippen LogP contribution in [0.5, 0.6) is 0 Å². The molecule has 0 aliphatic heterocycles.